The standard InChI is InChI=1S/C23H24N6O2S2.C18H16N6S2.C14H18BrN3O2S2.C11H21NO2.C9H8BN3O2.C4Br2N2S2.ClH/c1-13-11-29-12-16(9-15(10-24)17(29)25-13)19-27-21-20(33-19)26-18(32-21)14-5-7-28(8-6-14)22(30)31-23(2,3)4;1-10-8-24-9-13(6-12(7-19)14(24)21-10)16-23-18-17(26-16)22-15(25-18)11-2-4-20-5-3-11;1-14(2,3)20-13(19)18-6-4-8(5-7-18)9-16-10-11(21-9)17-12(15)22-10;1-9-5-7-12(8-6-9)10(13)14-11(2,3)4;1-6-4-13-5-8(10(14)15)2-7(3-11)9(13)12-6;5-3-7-1-2(10-3)8-4(6)9-1;/h9,11-12,14H,5-8H2,1-4H3;6,8-9,11,20H,2-5H2,1H3;8H,4-7H2,1-3H3;9H,5-8H2,1-4H3;2,4-5,14-15H,1H3;;1H. The van der Waals surface area contributed by atoms with Gasteiger partial charge in [-0.1, -0.05) is 97.6 Å². The summed E-state index contributed by atoms with van der Waals surface area (Å²) in [7, 11) is -1.58. The molecule has 4 fully saturated rings. The fourth-order valence-corrected chi connectivity index (χ4v) is 23.6. The van der Waals surface area contributed by atoms with Crippen LogP contribution in [-0.2, 0) is 14.2 Å². The summed E-state index contributed by atoms with van der Waals surface area (Å²) in [6.45, 7) is 31.5. The molecule has 18 heterocycles. The SMILES string of the molecule is Brc1nc2sc(Br)nc2s1.CC(C)(C)OC(=O)N1CCC(c2nc3sc(Br)nc3s2)CC1.CC1CCN(C(=O)OC(C)(C)C)CC1.Cc1cn2cc(-c3nc4sc(C5CCN(C(=O)OC(C)(C)C)CC5)nc4s3)cc(C#N)c2n1.Cc1cn2cc(-c3nc4sc(C5CCNCC5)nc4s3)cc(C#N)c2n1.Cc1cn2cc(B(O)O)cc(C#N)c2n1.Cl. The number of amides is 3. The number of hydrogen-bond donors (Lipinski definition) is 3. The van der Waals surface area contributed by atoms with E-state index in [0.717, 1.165) is 195 Å². The van der Waals surface area contributed by atoms with Crippen molar-refractivity contribution in [3.05, 3.63) is 116 Å². The number of aromatic nitrogens is 14. The van der Waals surface area contributed by atoms with Crippen LogP contribution in [0.4, 0.5) is 14.4 Å². The van der Waals surface area contributed by atoms with Gasteiger partial charge in [0.1, 0.15) is 45.0 Å². The van der Waals surface area contributed by atoms with Crippen LogP contribution in [0.3, 0.4) is 0 Å². The van der Waals surface area contributed by atoms with Crippen LogP contribution in [0.25, 0.3) is 76.7 Å². The van der Waals surface area contributed by atoms with E-state index in [1.165, 1.54) is 11.1 Å². The van der Waals surface area contributed by atoms with Crippen LogP contribution in [0.2, 0.25) is 0 Å². The lowest BCUT2D eigenvalue weighted by Crippen LogP contribution is -2.41. The zero-order valence-electron chi connectivity index (χ0n) is 68.5. The number of imidazole rings is 3. The third kappa shape index (κ3) is 23.8. The molecule has 121 heavy (non-hydrogen) atoms. The van der Waals surface area contributed by atoms with E-state index < -0.39 is 18.3 Å². The van der Waals surface area contributed by atoms with Crippen molar-refractivity contribution in [3.8, 4) is 39.3 Å². The van der Waals surface area contributed by atoms with E-state index in [0.29, 0.717) is 64.5 Å². The first-order valence-corrected chi connectivity index (χ1v) is 47.6. The highest BCUT2D eigenvalue weighted by molar-refractivity contribution is 9.11. The summed E-state index contributed by atoms with van der Waals surface area (Å²) in [5, 5.41) is 54.5. The summed E-state index contributed by atoms with van der Waals surface area (Å²) < 4.78 is 24.3. The van der Waals surface area contributed by atoms with Crippen molar-refractivity contribution in [2.75, 3.05) is 52.4 Å². The Kier molecular flexibility index (Phi) is 30.2. The monoisotopic (exact) mass is 2000 g/mol. The fraction of sp³-hybridized carbons (Fsp3) is 0.456. The van der Waals surface area contributed by atoms with Gasteiger partial charge in [-0.05, 0) is 219 Å². The number of ether oxygens (including phenoxy) is 3. The number of halogens is 4. The maximum absolute atomic E-state index is 12.3. The smallest absolute Gasteiger partial charge is 0.444 e. The van der Waals surface area contributed by atoms with Gasteiger partial charge in [-0.2, -0.15) is 15.8 Å². The number of aryl methyl sites for hydroxylation is 3. The van der Waals surface area contributed by atoms with Crippen LogP contribution >= 0.6 is 151 Å². The molecule has 4 saturated heterocycles. The summed E-state index contributed by atoms with van der Waals surface area (Å²) in [5.41, 5.74) is 6.65. The van der Waals surface area contributed by atoms with Gasteiger partial charge < -0.3 is 57.5 Å². The van der Waals surface area contributed by atoms with E-state index in [1.807, 2.05) is 140 Å². The van der Waals surface area contributed by atoms with Crippen LogP contribution in [0.15, 0.2) is 67.1 Å². The summed E-state index contributed by atoms with van der Waals surface area (Å²) in [4.78, 5) is 99.1. The van der Waals surface area contributed by atoms with Gasteiger partial charge in [-0.25, -0.2) is 69.2 Å². The Balaban J connectivity index is 0.000000138. The molecule has 3 amide bonds. The second-order valence-corrected chi connectivity index (χ2v) is 44.0. The quantitative estimate of drug-likeness (QED) is 0.103. The first-order valence-electron chi connectivity index (χ1n) is 38.7. The number of nitriles is 3. The molecule has 0 aliphatic carbocycles. The van der Waals surface area contributed by atoms with Crippen LogP contribution in [-0.4, -0.2) is 187 Å². The number of rotatable bonds is 6. The van der Waals surface area contributed by atoms with Crippen LogP contribution in [0, 0.1) is 60.7 Å². The molecule has 0 radical (unpaired) electrons. The minimum absolute atomic E-state index is 0. The lowest BCUT2D eigenvalue weighted by Gasteiger charge is -2.32. The highest BCUT2D eigenvalue weighted by Crippen LogP contribution is 2.42. The Labute approximate surface area is 762 Å². The molecule has 14 aromatic rings. The van der Waals surface area contributed by atoms with Crippen LogP contribution in [0.1, 0.15) is 187 Å². The number of piperidine rings is 4. The number of likely N-dealkylation sites (tertiary alicyclic amines) is 3. The molecule has 3 N–H and O–H groups in total. The zero-order valence-corrected chi connectivity index (χ0v) is 80.6. The third-order valence-corrected chi connectivity index (χ3v) is 29.2. The molecular weight excluding hydrogens is 1910 g/mol. The molecule has 0 aromatic carbocycles. The van der Waals surface area contributed by atoms with Crippen molar-refractivity contribution < 1.29 is 38.6 Å². The predicted molar refractivity (Wildman–Crippen MR) is 494 cm³/mol. The average Bonchev–Trinajstić information content (AvgIpc) is 1.63. The molecule has 0 bridgehead atoms. The van der Waals surface area contributed by atoms with Crippen LogP contribution < -0.4 is 10.8 Å². The Bertz CT molecular complexity index is 6020. The van der Waals surface area contributed by atoms with Crippen molar-refractivity contribution in [1.82, 2.24) is 88.0 Å². The Hall–Kier alpha value is -7.90. The number of nitrogens with zero attached hydrogens (tertiary/aromatic N) is 20. The Morgan fingerprint density at radius 3 is 1.05 bits per heavy atom. The normalized spacial score (nSPS) is 15.1. The molecule has 0 unspecified atom stereocenters. The van der Waals surface area contributed by atoms with Gasteiger partial charge in [0.05, 0.1) is 48.8 Å². The van der Waals surface area contributed by atoms with Crippen molar-refractivity contribution in [3.63, 3.8) is 0 Å². The first-order chi connectivity index (χ1) is 57.0. The van der Waals surface area contributed by atoms with E-state index in [2.05, 4.69) is 102 Å². The highest BCUT2D eigenvalue weighted by atomic mass is 79.9. The lowest BCUT2D eigenvalue weighted by atomic mass is 9.81. The first kappa shape index (κ1) is 92.3. The number of nitrogens with one attached hydrogen (secondary N) is 1. The Morgan fingerprint density at radius 1 is 0.430 bits per heavy atom. The van der Waals surface area contributed by atoms with E-state index in [9.17, 15) is 24.9 Å². The maximum atomic E-state index is 12.3. The summed E-state index contributed by atoms with van der Waals surface area (Å²) >= 11 is 22.8. The van der Waals surface area contributed by atoms with E-state index in [1.54, 1.807) is 117 Å². The number of pyridine rings is 3. The van der Waals surface area contributed by atoms with E-state index >= 15 is 0 Å². The molecule has 636 valence electrons. The van der Waals surface area contributed by atoms with Gasteiger partial charge >= 0.3 is 25.4 Å². The third-order valence-electron chi connectivity index (χ3n) is 19.2. The molecule has 0 spiro atoms. The molecule has 18 rings (SSSR count). The second-order valence-electron chi connectivity index (χ2n) is 32.2. The van der Waals surface area contributed by atoms with E-state index in [-0.39, 0.29) is 41.8 Å². The molecule has 14 aromatic heterocycles. The Morgan fingerprint density at radius 2 is 0.727 bits per heavy atom. The largest absolute Gasteiger partial charge is 0.489 e. The minimum Gasteiger partial charge on any atom is -0.444 e. The molecule has 0 atom stereocenters. The fourth-order valence-electron chi connectivity index (χ4n) is 13.5. The molecular formula is C79H88BBr3ClN21O8S8. The highest BCUT2D eigenvalue weighted by Gasteiger charge is 2.33. The number of carbonyl (C=O) groups excluding carboxylic acids is 3. The van der Waals surface area contributed by atoms with Gasteiger partial charge in [0.15, 0.2) is 67.3 Å². The number of carbonyl (C=O) groups is 3. The molecule has 4 aliphatic rings. The summed E-state index contributed by atoms with van der Waals surface area (Å²) in [6.07, 6.45) is 18.5. The topological polar surface area (TPSA) is 368 Å². The molecule has 0 saturated carbocycles. The van der Waals surface area contributed by atoms with Gasteiger partial charge in [0.25, 0.3) is 0 Å². The van der Waals surface area contributed by atoms with Gasteiger partial charge in [0, 0.05) is 111 Å². The van der Waals surface area contributed by atoms with E-state index in [4.69, 9.17) is 54.4 Å². The molecule has 29 nitrogen and oxygen atoms in total. The molecule has 42 heteroatoms. The lowest BCUT2D eigenvalue weighted by molar-refractivity contribution is 0.0183. The van der Waals surface area contributed by atoms with Crippen molar-refractivity contribution in [2.45, 2.75) is 176 Å². The maximum Gasteiger partial charge on any atom is 0.489 e. The van der Waals surface area contributed by atoms with Gasteiger partial charge in [0.2, 0.25) is 0 Å². The van der Waals surface area contributed by atoms with Crippen molar-refractivity contribution >= 4 is 237 Å². The van der Waals surface area contributed by atoms with Crippen molar-refractivity contribution in [2.24, 2.45) is 5.92 Å². The van der Waals surface area contributed by atoms with Crippen molar-refractivity contribution in [1.29, 1.82) is 15.8 Å². The zero-order chi connectivity index (χ0) is 85.8. The number of thiazole rings is 8. The minimum atomic E-state index is -1.58. The van der Waals surface area contributed by atoms with Gasteiger partial charge in [-0.3, -0.25) is 0 Å². The van der Waals surface area contributed by atoms with Crippen LogP contribution in [0.5, 0.6) is 0 Å². The van der Waals surface area contributed by atoms with Gasteiger partial charge in [-0.15, -0.1) is 12.4 Å². The average molecular weight is 2000 g/mol. The number of fused-ring (bicyclic) bond motifs is 7. The summed E-state index contributed by atoms with van der Waals surface area (Å²) in [5.74, 6) is 2.05. The summed E-state index contributed by atoms with van der Waals surface area (Å²) in [6, 6.07) is 11.6. The predicted octanol–water partition coefficient (Wildman–Crippen LogP) is 19.3. The number of hydrogen-bond acceptors (Lipinski definition) is 31. The second kappa shape index (κ2) is 39.5. The molecule has 4 aliphatic heterocycles.